The molecule has 1 aromatic carbocycles. The summed E-state index contributed by atoms with van der Waals surface area (Å²) in [6, 6.07) is 2.78. The zero-order valence-corrected chi connectivity index (χ0v) is 11.5. The molecule has 0 amide bonds. The third-order valence-electron chi connectivity index (χ3n) is 1.77. The van der Waals surface area contributed by atoms with E-state index in [9.17, 15) is 8.42 Å². The molecule has 0 heterocycles. The third-order valence-corrected chi connectivity index (χ3v) is 4.03. The Balaban J connectivity index is 3.57. The molecule has 1 rings (SSSR count). The molecule has 0 radical (unpaired) electrons. The Morgan fingerprint density at radius 2 is 2.07 bits per heavy atom. The number of alkyl halides is 1. The summed E-state index contributed by atoms with van der Waals surface area (Å²) in [7, 11) is 2.79. The summed E-state index contributed by atoms with van der Waals surface area (Å²) < 4.78 is 27.4. The Bertz CT molecular complexity index is 473. The van der Waals surface area contributed by atoms with Crippen molar-refractivity contribution in [2.24, 2.45) is 0 Å². The van der Waals surface area contributed by atoms with Gasteiger partial charge in [0.05, 0.1) is 7.11 Å². The molecule has 0 bridgehead atoms. The molecule has 0 aliphatic carbocycles. The van der Waals surface area contributed by atoms with Gasteiger partial charge in [-0.05, 0) is 12.1 Å². The number of methoxy groups -OCH3 is 1. The van der Waals surface area contributed by atoms with E-state index >= 15 is 0 Å². The van der Waals surface area contributed by atoms with Crippen molar-refractivity contribution < 1.29 is 13.2 Å². The van der Waals surface area contributed by atoms with Crippen LogP contribution >= 0.6 is 38.2 Å². The predicted molar refractivity (Wildman–Crippen MR) is 63.7 cm³/mol. The molecule has 0 N–H and O–H groups in total. The van der Waals surface area contributed by atoms with Gasteiger partial charge in [-0.2, -0.15) is 0 Å². The first-order chi connectivity index (χ1) is 6.91. The molecular weight excluding hydrogens is 327 g/mol. The Morgan fingerprint density at radius 1 is 1.47 bits per heavy atom. The highest BCUT2D eigenvalue weighted by molar-refractivity contribution is 9.08. The average molecular weight is 334 g/mol. The maximum atomic E-state index is 11.2. The molecule has 0 saturated carbocycles. The van der Waals surface area contributed by atoms with Crippen LogP contribution in [0.1, 0.15) is 5.56 Å². The molecule has 1 aromatic rings. The summed E-state index contributed by atoms with van der Waals surface area (Å²) in [4.78, 5) is -0.0782. The Labute approximate surface area is 106 Å². The van der Waals surface area contributed by atoms with Crippen molar-refractivity contribution in [1.82, 2.24) is 0 Å². The van der Waals surface area contributed by atoms with Crippen LogP contribution < -0.4 is 4.74 Å². The molecule has 7 heteroatoms. The first kappa shape index (κ1) is 13.1. The fourth-order valence-electron chi connectivity index (χ4n) is 1.12. The molecule has 84 valence electrons. The highest BCUT2D eigenvalue weighted by Gasteiger charge is 2.20. The van der Waals surface area contributed by atoms with Gasteiger partial charge in [-0.1, -0.05) is 27.5 Å². The summed E-state index contributed by atoms with van der Waals surface area (Å²) in [5, 5.41) is 0.808. The van der Waals surface area contributed by atoms with Crippen molar-refractivity contribution in [3.05, 3.63) is 22.7 Å². The first-order valence-corrected chi connectivity index (χ1v) is 7.58. The summed E-state index contributed by atoms with van der Waals surface area (Å²) in [5.41, 5.74) is 0.556. The van der Waals surface area contributed by atoms with Gasteiger partial charge in [0.15, 0.2) is 0 Å². The van der Waals surface area contributed by atoms with Crippen molar-refractivity contribution in [1.29, 1.82) is 0 Å². The summed E-state index contributed by atoms with van der Waals surface area (Å²) >= 11 is 9.08. The van der Waals surface area contributed by atoms with Gasteiger partial charge in [0.1, 0.15) is 10.6 Å². The van der Waals surface area contributed by atoms with Gasteiger partial charge >= 0.3 is 0 Å². The number of hydrogen-bond acceptors (Lipinski definition) is 3. The third kappa shape index (κ3) is 2.78. The van der Waals surface area contributed by atoms with E-state index in [1.165, 1.54) is 19.2 Å². The molecule has 0 atom stereocenters. The van der Waals surface area contributed by atoms with Crippen LogP contribution in [0.4, 0.5) is 0 Å². The summed E-state index contributed by atoms with van der Waals surface area (Å²) in [6.45, 7) is 0. The minimum absolute atomic E-state index is 0.0782. The molecule has 3 nitrogen and oxygen atoms in total. The van der Waals surface area contributed by atoms with Crippen LogP contribution in [0.25, 0.3) is 0 Å². The minimum Gasteiger partial charge on any atom is -0.495 e. The molecule has 0 saturated heterocycles. The summed E-state index contributed by atoms with van der Waals surface area (Å²) in [5.74, 6) is 0.175. The Morgan fingerprint density at radius 3 is 2.47 bits per heavy atom. The van der Waals surface area contributed by atoms with E-state index in [0.717, 1.165) is 0 Å². The van der Waals surface area contributed by atoms with E-state index in [0.29, 0.717) is 15.9 Å². The lowest BCUT2D eigenvalue weighted by Crippen LogP contribution is -1.99. The number of hydrogen-bond donors (Lipinski definition) is 0. The largest absolute Gasteiger partial charge is 0.495 e. The lowest BCUT2D eigenvalue weighted by molar-refractivity contribution is 0.400. The zero-order valence-electron chi connectivity index (χ0n) is 7.63. The Hall–Kier alpha value is 0.0300. The van der Waals surface area contributed by atoms with Crippen LogP contribution in [0.15, 0.2) is 17.0 Å². The average Bonchev–Trinajstić information content (AvgIpc) is 2.15. The van der Waals surface area contributed by atoms with Crippen molar-refractivity contribution in [3.8, 4) is 5.75 Å². The molecular formula is C8H7BrCl2O3S. The van der Waals surface area contributed by atoms with Crippen molar-refractivity contribution >= 4 is 47.3 Å². The first-order valence-electron chi connectivity index (χ1n) is 3.77. The maximum Gasteiger partial charge on any atom is 0.264 e. The second kappa shape index (κ2) is 4.91. The van der Waals surface area contributed by atoms with Crippen LogP contribution in [-0.2, 0) is 14.4 Å². The predicted octanol–water partition coefficient (Wildman–Crippen LogP) is 3.17. The topological polar surface area (TPSA) is 43.4 Å². The van der Waals surface area contributed by atoms with Gasteiger partial charge in [-0.15, -0.1) is 0 Å². The normalized spacial score (nSPS) is 11.5. The summed E-state index contributed by atoms with van der Waals surface area (Å²) in [6.07, 6.45) is 0. The lowest BCUT2D eigenvalue weighted by atomic mass is 10.2. The fourth-order valence-corrected chi connectivity index (χ4v) is 3.08. The van der Waals surface area contributed by atoms with E-state index in [1.807, 2.05) is 0 Å². The molecule has 0 aliphatic rings. The van der Waals surface area contributed by atoms with Crippen LogP contribution in [0.5, 0.6) is 5.75 Å². The fraction of sp³-hybridized carbons (Fsp3) is 0.250. The van der Waals surface area contributed by atoms with Crippen molar-refractivity contribution in [2.75, 3.05) is 7.11 Å². The van der Waals surface area contributed by atoms with Gasteiger partial charge < -0.3 is 4.74 Å². The minimum atomic E-state index is -3.83. The lowest BCUT2D eigenvalue weighted by Gasteiger charge is -2.11. The van der Waals surface area contributed by atoms with E-state index in [2.05, 4.69) is 15.9 Å². The molecule has 0 aromatic heterocycles. The van der Waals surface area contributed by atoms with Gasteiger partial charge in [0.2, 0.25) is 0 Å². The van der Waals surface area contributed by atoms with Crippen molar-refractivity contribution in [3.63, 3.8) is 0 Å². The van der Waals surface area contributed by atoms with Gasteiger partial charge in [0.25, 0.3) is 9.05 Å². The van der Waals surface area contributed by atoms with Crippen molar-refractivity contribution in [2.45, 2.75) is 10.2 Å². The van der Waals surface area contributed by atoms with Crippen LogP contribution in [-0.4, -0.2) is 15.5 Å². The maximum absolute atomic E-state index is 11.2. The standard InChI is InChI=1S/C8H7BrCl2O3S/c1-14-8-5(4-9)6(10)2-3-7(8)15(11,12)13/h2-3H,4H2,1H3. The van der Waals surface area contributed by atoms with Gasteiger partial charge in [-0.25, -0.2) is 8.42 Å². The smallest absolute Gasteiger partial charge is 0.264 e. The second-order valence-corrected chi connectivity index (χ2v) is 6.13. The monoisotopic (exact) mass is 332 g/mol. The molecule has 0 fully saturated rings. The Kier molecular flexibility index (Phi) is 4.29. The number of halogens is 3. The van der Waals surface area contributed by atoms with E-state index < -0.39 is 9.05 Å². The second-order valence-electron chi connectivity index (χ2n) is 2.63. The molecule has 0 aliphatic heterocycles. The van der Waals surface area contributed by atoms with Gasteiger partial charge in [0, 0.05) is 26.6 Å². The molecule has 15 heavy (non-hydrogen) atoms. The van der Waals surface area contributed by atoms with E-state index in [-0.39, 0.29) is 10.6 Å². The number of rotatable bonds is 3. The van der Waals surface area contributed by atoms with Crippen LogP contribution in [0.3, 0.4) is 0 Å². The number of benzene rings is 1. The van der Waals surface area contributed by atoms with Crippen LogP contribution in [0.2, 0.25) is 5.02 Å². The van der Waals surface area contributed by atoms with Crippen LogP contribution in [0, 0.1) is 0 Å². The van der Waals surface area contributed by atoms with E-state index in [4.69, 9.17) is 27.0 Å². The molecule has 0 unspecified atom stereocenters. The molecule has 0 spiro atoms. The van der Waals surface area contributed by atoms with E-state index in [1.54, 1.807) is 0 Å². The quantitative estimate of drug-likeness (QED) is 0.630. The highest BCUT2D eigenvalue weighted by Crippen LogP contribution is 2.36. The zero-order chi connectivity index (χ0) is 11.6. The highest BCUT2D eigenvalue weighted by atomic mass is 79.9. The SMILES string of the molecule is COc1c(S(=O)(=O)Cl)ccc(Cl)c1CBr. The number of ether oxygens (including phenoxy) is 1. The van der Waals surface area contributed by atoms with Gasteiger partial charge in [-0.3, -0.25) is 0 Å².